The molecule has 2 unspecified atom stereocenters. The van der Waals surface area contributed by atoms with Gasteiger partial charge in [-0.15, -0.1) is 0 Å². The van der Waals surface area contributed by atoms with Crippen LogP contribution in [0.4, 0.5) is 0 Å². The van der Waals surface area contributed by atoms with Crippen molar-refractivity contribution < 1.29 is 9.00 Å². The lowest BCUT2D eigenvalue weighted by atomic mass is 10.2. The van der Waals surface area contributed by atoms with E-state index in [2.05, 4.69) is 10.6 Å². The summed E-state index contributed by atoms with van der Waals surface area (Å²) >= 11 is 0. The number of hydrogen-bond donors (Lipinski definition) is 2. The molecule has 0 spiro atoms. The summed E-state index contributed by atoms with van der Waals surface area (Å²) in [4.78, 5) is 11.3. The number of carbonyl (C=O) groups is 1. The molecule has 0 aliphatic rings. The lowest BCUT2D eigenvalue weighted by molar-refractivity contribution is -0.120. The SMILES string of the molecule is CCC(C)NC(=O)CNCCCS(C)=O. The molecule has 1 amide bonds. The quantitative estimate of drug-likeness (QED) is 0.592. The molecular weight excluding hydrogens is 212 g/mol. The molecule has 0 radical (unpaired) electrons. The lowest BCUT2D eigenvalue weighted by Gasteiger charge is -2.11. The van der Waals surface area contributed by atoms with Crippen molar-refractivity contribution in [2.45, 2.75) is 32.7 Å². The Labute approximate surface area is 94.7 Å². The minimum Gasteiger partial charge on any atom is -0.353 e. The van der Waals surface area contributed by atoms with E-state index in [0.29, 0.717) is 12.3 Å². The topological polar surface area (TPSA) is 58.2 Å². The van der Waals surface area contributed by atoms with E-state index in [9.17, 15) is 9.00 Å². The standard InChI is InChI=1S/C10H22N2O2S/c1-4-9(2)12-10(13)8-11-6-5-7-15(3)14/h9,11H,4-8H2,1-3H3,(H,12,13). The predicted molar refractivity (Wildman–Crippen MR) is 64.3 cm³/mol. The monoisotopic (exact) mass is 234 g/mol. The molecule has 0 heterocycles. The van der Waals surface area contributed by atoms with Gasteiger partial charge in [0, 0.05) is 28.9 Å². The van der Waals surface area contributed by atoms with E-state index in [0.717, 1.165) is 19.4 Å². The van der Waals surface area contributed by atoms with E-state index >= 15 is 0 Å². The minimum absolute atomic E-state index is 0.0296. The zero-order valence-electron chi connectivity index (χ0n) is 9.84. The van der Waals surface area contributed by atoms with Gasteiger partial charge in [-0.05, 0) is 26.3 Å². The van der Waals surface area contributed by atoms with Gasteiger partial charge in [-0.1, -0.05) is 6.92 Å². The summed E-state index contributed by atoms with van der Waals surface area (Å²) < 4.78 is 10.7. The van der Waals surface area contributed by atoms with Gasteiger partial charge in [0.05, 0.1) is 6.54 Å². The first kappa shape index (κ1) is 14.6. The summed E-state index contributed by atoms with van der Waals surface area (Å²) in [5.41, 5.74) is 0. The molecule has 5 heteroatoms. The van der Waals surface area contributed by atoms with Gasteiger partial charge in [0.2, 0.25) is 5.91 Å². The highest BCUT2D eigenvalue weighted by molar-refractivity contribution is 7.84. The Hall–Kier alpha value is -0.420. The fourth-order valence-corrected chi connectivity index (χ4v) is 1.58. The maximum atomic E-state index is 11.3. The summed E-state index contributed by atoms with van der Waals surface area (Å²) in [5.74, 6) is 0.724. The van der Waals surface area contributed by atoms with E-state index < -0.39 is 10.8 Å². The van der Waals surface area contributed by atoms with Gasteiger partial charge in [0.15, 0.2) is 0 Å². The van der Waals surface area contributed by atoms with Crippen LogP contribution in [0.2, 0.25) is 0 Å². The Bertz CT molecular complexity index is 210. The minimum atomic E-state index is -0.731. The highest BCUT2D eigenvalue weighted by Crippen LogP contribution is 1.86. The van der Waals surface area contributed by atoms with Crippen LogP contribution in [-0.4, -0.2) is 41.3 Å². The fourth-order valence-electron chi connectivity index (χ4n) is 1.03. The summed E-state index contributed by atoms with van der Waals surface area (Å²) in [7, 11) is -0.731. The van der Waals surface area contributed by atoms with E-state index in [4.69, 9.17) is 0 Å². The first-order valence-corrected chi connectivity index (χ1v) is 7.09. The molecule has 0 aliphatic carbocycles. The molecule has 0 aromatic heterocycles. The van der Waals surface area contributed by atoms with Crippen molar-refractivity contribution in [3.63, 3.8) is 0 Å². The zero-order chi connectivity index (χ0) is 11.7. The largest absolute Gasteiger partial charge is 0.353 e. The Kier molecular flexibility index (Phi) is 8.61. The molecule has 0 rings (SSSR count). The highest BCUT2D eigenvalue weighted by atomic mass is 32.2. The maximum absolute atomic E-state index is 11.3. The van der Waals surface area contributed by atoms with Crippen LogP contribution < -0.4 is 10.6 Å². The number of carbonyl (C=O) groups excluding carboxylic acids is 1. The molecule has 0 bridgehead atoms. The Balaban J connectivity index is 3.35. The van der Waals surface area contributed by atoms with Crippen molar-refractivity contribution in [1.82, 2.24) is 10.6 Å². The van der Waals surface area contributed by atoms with Crippen LogP contribution in [-0.2, 0) is 15.6 Å². The van der Waals surface area contributed by atoms with Gasteiger partial charge in [-0.2, -0.15) is 0 Å². The van der Waals surface area contributed by atoms with Crippen molar-refractivity contribution in [2.24, 2.45) is 0 Å². The summed E-state index contributed by atoms with van der Waals surface area (Å²) in [6.07, 6.45) is 3.48. The van der Waals surface area contributed by atoms with Crippen molar-refractivity contribution >= 4 is 16.7 Å². The second kappa shape index (κ2) is 8.85. The summed E-state index contributed by atoms with van der Waals surface area (Å²) in [6, 6.07) is 0.238. The van der Waals surface area contributed by atoms with Crippen LogP contribution in [0.5, 0.6) is 0 Å². The van der Waals surface area contributed by atoms with Crippen molar-refractivity contribution in [1.29, 1.82) is 0 Å². The lowest BCUT2D eigenvalue weighted by Crippen LogP contribution is -2.39. The van der Waals surface area contributed by atoms with E-state index in [1.165, 1.54) is 0 Å². The summed E-state index contributed by atoms with van der Waals surface area (Å²) in [5, 5.41) is 5.89. The Morgan fingerprint density at radius 1 is 1.47 bits per heavy atom. The third-order valence-electron chi connectivity index (χ3n) is 2.09. The number of nitrogens with one attached hydrogen (secondary N) is 2. The smallest absolute Gasteiger partial charge is 0.234 e. The van der Waals surface area contributed by atoms with Gasteiger partial charge in [-0.25, -0.2) is 0 Å². The Morgan fingerprint density at radius 3 is 2.67 bits per heavy atom. The van der Waals surface area contributed by atoms with Gasteiger partial charge < -0.3 is 10.6 Å². The average molecular weight is 234 g/mol. The predicted octanol–water partition coefficient (Wildman–Crippen LogP) is 0.259. The third-order valence-corrected chi connectivity index (χ3v) is 2.95. The highest BCUT2D eigenvalue weighted by Gasteiger charge is 2.03. The first-order valence-electron chi connectivity index (χ1n) is 5.36. The molecule has 90 valence electrons. The molecule has 0 saturated carbocycles. The van der Waals surface area contributed by atoms with E-state index in [-0.39, 0.29) is 11.9 Å². The molecule has 0 aromatic carbocycles. The molecule has 15 heavy (non-hydrogen) atoms. The van der Waals surface area contributed by atoms with E-state index in [1.807, 2.05) is 13.8 Å². The Morgan fingerprint density at radius 2 is 2.13 bits per heavy atom. The average Bonchev–Trinajstić information content (AvgIpc) is 2.16. The summed E-state index contributed by atoms with van der Waals surface area (Å²) in [6.45, 7) is 5.11. The fraction of sp³-hybridized carbons (Fsp3) is 0.900. The van der Waals surface area contributed by atoms with Crippen LogP contribution in [0, 0.1) is 0 Å². The van der Waals surface area contributed by atoms with Crippen molar-refractivity contribution in [2.75, 3.05) is 25.1 Å². The van der Waals surface area contributed by atoms with E-state index in [1.54, 1.807) is 6.26 Å². The zero-order valence-corrected chi connectivity index (χ0v) is 10.7. The molecule has 0 fully saturated rings. The van der Waals surface area contributed by atoms with Crippen molar-refractivity contribution in [3.8, 4) is 0 Å². The molecule has 0 saturated heterocycles. The van der Waals surface area contributed by atoms with Crippen LogP contribution >= 0.6 is 0 Å². The molecule has 2 N–H and O–H groups in total. The first-order chi connectivity index (χ1) is 7.06. The normalized spacial score (nSPS) is 14.6. The van der Waals surface area contributed by atoms with Gasteiger partial charge in [0.25, 0.3) is 0 Å². The third kappa shape index (κ3) is 9.87. The molecule has 2 atom stereocenters. The second-order valence-corrected chi connectivity index (χ2v) is 5.24. The van der Waals surface area contributed by atoms with Crippen molar-refractivity contribution in [3.05, 3.63) is 0 Å². The second-order valence-electron chi connectivity index (χ2n) is 3.68. The van der Waals surface area contributed by atoms with Gasteiger partial charge in [0.1, 0.15) is 0 Å². The van der Waals surface area contributed by atoms with Crippen LogP contribution in [0.3, 0.4) is 0 Å². The molecule has 0 aliphatic heterocycles. The van der Waals surface area contributed by atoms with Gasteiger partial charge in [-0.3, -0.25) is 9.00 Å². The van der Waals surface area contributed by atoms with Crippen LogP contribution in [0.1, 0.15) is 26.7 Å². The number of amides is 1. The molecule has 0 aromatic rings. The molecular formula is C10H22N2O2S. The number of hydrogen-bond acceptors (Lipinski definition) is 3. The van der Waals surface area contributed by atoms with Gasteiger partial charge >= 0.3 is 0 Å². The number of rotatable bonds is 8. The molecule has 4 nitrogen and oxygen atoms in total. The van der Waals surface area contributed by atoms with Crippen LogP contribution in [0.15, 0.2) is 0 Å². The van der Waals surface area contributed by atoms with Crippen LogP contribution in [0.25, 0.3) is 0 Å². The maximum Gasteiger partial charge on any atom is 0.234 e.